The second-order valence-electron chi connectivity index (χ2n) is 4.78. The molecule has 0 aromatic rings. The summed E-state index contributed by atoms with van der Waals surface area (Å²) in [5.74, 6) is 0. The van der Waals surface area contributed by atoms with Crippen LogP contribution < -0.4 is 0 Å². The van der Waals surface area contributed by atoms with Gasteiger partial charge in [0, 0.05) is 0 Å². The average Bonchev–Trinajstić information content (AvgIpc) is 2.16. The molecule has 0 spiro atoms. The number of carbonyl (C=O) groups excluding carboxylic acids is 1. The number of ether oxygens (including phenoxy) is 1. The molecular weight excluding hydrogens is 234 g/mol. The molecule has 1 heterocycles. The highest BCUT2D eigenvalue weighted by Crippen LogP contribution is 2.26. The van der Waals surface area contributed by atoms with E-state index in [0.29, 0.717) is 4.31 Å². The Morgan fingerprint density at radius 1 is 1.31 bits per heavy atom. The standard InChI is InChI=1S/C9H17NO5S/c1-6-7(2)15-16(12,13)10(6)8(11)14-9(3,4)5/h6-7H,1-5H3/t6-,7+/m0/s1. The molecule has 0 aromatic carbocycles. The second-order valence-corrected chi connectivity index (χ2v) is 6.22. The Kier molecular flexibility index (Phi) is 3.22. The molecule has 0 aliphatic carbocycles. The zero-order valence-electron chi connectivity index (χ0n) is 10.1. The quantitative estimate of drug-likeness (QED) is 0.648. The zero-order valence-corrected chi connectivity index (χ0v) is 10.9. The van der Waals surface area contributed by atoms with E-state index in [0.717, 1.165) is 0 Å². The Bertz CT molecular complexity index is 383. The van der Waals surface area contributed by atoms with E-state index in [4.69, 9.17) is 8.92 Å². The minimum Gasteiger partial charge on any atom is -0.443 e. The van der Waals surface area contributed by atoms with Crippen molar-refractivity contribution < 1.29 is 22.1 Å². The Balaban J connectivity index is 2.92. The Labute approximate surface area is 95.8 Å². The number of amides is 1. The van der Waals surface area contributed by atoms with Gasteiger partial charge in [0.15, 0.2) is 0 Å². The van der Waals surface area contributed by atoms with Crippen molar-refractivity contribution >= 4 is 16.4 Å². The van der Waals surface area contributed by atoms with Gasteiger partial charge in [-0.2, -0.15) is 12.7 Å². The van der Waals surface area contributed by atoms with E-state index >= 15 is 0 Å². The molecule has 0 aromatic heterocycles. The number of rotatable bonds is 0. The molecule has 0 radical (unpaired) electrons. The highest BCUT2D eigenvalue weighted by molar-refractivity contribution is 7.85. The van der Waals surface area contributed by atoms with Crippen molar-refractivity contribution in [1.29, 1.82) is 0 Å². The third kappa shape index (κ3) is 2.65. The SMILES string of the molecule is C[C@H]1OS(=O)(=O)N(C(=O)OC(C)(C)C)[C@H]1C. The topological polar surface area (TPSA) is 72.9 Å². The normalized spacial score (nSPS) is 29.2. The van der Waals surface area contributed by atoms with Crippen LogP contribution in [0.3, 0.4) is 0 Å². The summed E-state index contributed by atoms with van der Waals surface area (Å²) in [5, 5.41) is 0. The van der Waals surface area contributed by atoms with Gasteiger partial charge in [-0.05, 0) is 34.6 Å². The molecule has 94 valence electrons. The first-order valence-corrected chi connectivity index (χ1v) is 6.37. The summed E-state index contributed by atoms with van der Waals surface area (Å²) in [4.78, 5) is 11.7. The van der Waals surface area contributed by atoms with Crippen molar-refractivity contribution in [2.45, 2.75) is 52.4 Å². The molecule has 0 bridgehead atoms. The number of hydrogen-bond acceptors (Lipinski definition) is 5. The molecule has 0 saturated carbocycles. The van der Waals surface area contributed by atoms with Crippen molar-refractivity contribution in [3.8, 4) is 0 Å². The van der Waals surface area contributed by atoms with Crippen LogP contribution in [0.2, 0.25) is 0 Å². The lowest BCUT2D eigenvalue weighted by Gasteiger charge is -2.24. The minimum atomic E-state index is -4.00. The van der Waals surface area contributed by atoms with Crippen LogP contribution >= 0.6 is 0 Å². The molecule has 6 nitrogen and oxygen atoms in total. The molecule has 1 amide bonds. The van der Waals surface area contributed by atoms with E-state index in [9.17, 15) is 13.2 Å². The van der Waals surface area contributed by atoms with E-state index < -0.39 is 34.1 Å². The highest BCUT2D eigenvalue weighted by Gasteiger charge is 2.46. The lowest BCUT2D eigenvalue weighted by Crippen LogP contribution is -2.42. The van der Waals surface area contributed by atoms with Gasteiger partial charge in [-0.3, -0.25) is 0 Å². The molecule has 1 saturated heterocycles. The lowest BCUT2D eigenvalue weighted by atomic mass is 10.2. The molecular formula is C9H17NO5S. The van der Waals surface area contributed by atoms with Crippen LogP contribution in [0.15, 0.2) is 0 Å². The summed E-state index contributed by atoms with van der Waals surface area (Å²) in [6.07, 6.45) is -1.46. The van der Waals surface area contributed by atoms with Gasteiger partial charge in [0.2, 0.25) is 0 Å². The minimum absolute atomic E-state index is 0.556. The van der Waals surface area contributed by atoms with Crippen LogP contribution in [0.4, 0.5) is 4.79 Å². The number of nitrogens with zero attached hydrogens (tertiary/aromatic N) is 1. The van der Waals surface area contributed by atoms with Crippen molar-refractivity contribution in [2.75, 3.05) is 0 Å². The Hall–Kier alpha value is -0.820. The molecule has 0 unspecified atom stereocenters. The monoisotopic (exact) mass is 251 g/mol. The molecule has 1 rings (SSSR count). The molecule has 16 heavy (non-hydrogen) atoms. The molecule has 0 N–H and O–H groups in total. The molecule has 1 aliphatic rings. The maximum atomic E-state index is 11.7. The van der Waals surface area contributed by atoms with Crippen LogP contribution in [-0.4, -0.2) is 36.6 Å². The van der Waals surface area contributed by atoms with Crippen molar-refractivity contribution in [2.24, 2.45) is 0 Å². The van der Waals surface area contributed by atoms with E-state index in [-0.39, 0.29) is 0 Å². The van der Waals surface area contributed by atoms with Gasteiger partial charge >= 0.3 is 16.4 Å². The molecule has 7 heteroatoms. The maximum absolute atomic E-state index is 11.7. The van der Waals surface area contributed by atoms with Gasteiger partial charge < -0.3 is 4.74 Å². The van der Waals surface area contributed by atoms with Crippen molar-refractivity contribution in [3.05, 3.63) is 0 Å². The van der Waals surface area contributed by atoms with E-state index in [1.54, 1.807) is 34.6 Å². The summed E-state index contributed by atoms with van der Waals surface area (Å²) < 4.78 is 33.4. The lowest BCUT2D eigenvalue weighted by molar-refractivity contribution is 0.0351. The fourth-order valence-electron chi connectivity index (χ4n) is 1.28. The molecule has 2 atom stereocenters. The van der Waals surface area contributed by atoms with Crippen molar-refractivity contribution in [1.82, 2.24) is 4.31 Å². The smallest absolute Gasteiger partial charge is 0.426 e. The molecule has 1 fully saturated rings. The van der Waals surface area contributed by atoms with Crippen LogP contribution in [0.1, 0.15) is 34.6 Å². The van der Waals surface area contributed by atoms with Gasteiger partial charge in [-0.15, -0.1) is 0 Å². The largest absolute Gasteiger partial charge is 0.443 e. The Morgan fingerprint density at radius 3 is 2.12 bits per heavy atom. The van der Waals surface area contributed by atoms with E-state index in [1.165, 1.54) is 0 Å². The fourth-order valence-corrected chi connectivity index (χ4v) is 2.71. The van der Waals surface area contributed by atoms with Crippen LogP contribution in [0, 0.1) is 0 Å². The van der Waals surface area contributed by atoms with Gasteiger partial charge in [0.25, 0.3) is 0 Å². The fraction of sp³-hybridized carbons (Fsp3) is 0.889. The first kappa shape index (κ1) is 13.2. The maximum Gasteiger partial charge on any atom is 0.426 e. The third-order valence-corrected chi connectivity index (χ3v) is 3.65. The van der Waals surface area contributed by atoms with Gasteiger partial charge in [0.1, 0.15) is 5.60 Å². The van der Waals surface area contributed by atoms with Gasteiger partial charge in [0.05, 0.1) is 12.1 Å². The molecule has 1 aliphatic heterocycles. The second kappa shape index (κ2) is 3.89. The summed E-state index contributed by atoms with van der Waals surface area (Å²) >= 11 is 0. The van der Waals surface area contributed by atoms with Crippen LogP contribution in [-0.2, 0) is 19.2 Å². The predicted octanol–water partition coefficient (Wildman–Crippen LogP) is 1.28. The van der Waals surface area contributed by atoms with Crippen LogP contribution in [0.5, 0.6) is 0 Å². The predicted molar refractivity (Wildman–Crippen MR) is 57.0 cm³/mol. The summed E-state index contributed by atoms with van der Waals surface area (Å²) in [5.41, 5.74) is -0.738. The summed E-state index contributed by atoms with van der Waals surface area (Å²) in [6.45, 7) is 8.19. The van der Waals surface area contributed by atoms with Crippen LogP contribution in [0.25, 0.3) is 0 Å². The van der Waals surface area contributed by atoms with E-state index in [2.05, 4.69) is 0 Å². The number of hydrogen-bond donors (Lipinski definition) is 0. The summed E-state index contributed by atoms with van der Waals surface area (Å²) in [7, 11) is -4.00. The Morgan fingerprint density at radius 2 is 1.81 bits per heavy atom. The first-order chi connectivity index (χ1) is 7.04. The number of carbonyl (C=O) groups is 1. The van der Waals surface area contributed by atoms with E-state index in [1.807, 2.05) is 0 Å². The van der Waals surface area contributed by atoms with Gasteiger partial charge in [-0.1, -0.05) is 0 Å². The zero-order chi connectivity index (χ0) is 12.7. The van der Waals surface area contributed by atoms with Crippen molar-refractivity contribution in [3.63, 3.8) is 0 Å². The first-order valence-electron chi connectivity index (χ1n) is 5.00. The van der Waals surface area contributed by atoms with Gasteiger partial charge in [-0.25, -0.2) is 8.98 Å². The summed E-state index contributed by atoms with van der Waals surface area (Å²) in [6, 6.07) is -0.556. The third-order valence-electron chi connectivity index (χ3n) is 2.14. The highest BCUT2D eigenvalue weighted by atomic mass is 32.2. The average molecular weight is 251 g/mol.